The Hall–Kier alpha value is -1.14. The molecule has 2 aromatic heterocycles. The van der Waals surface area contributed by atoms with E-state index in [2.05, 4.69) is 26.3 Å². The first-order valence-corrected chi connectivity index (χ1v) is 6.84. The van der Waals surface area contributed by atoms with Gasteiger partial charge < -0.3 is 5.32 Å². The largest absolute Gasteiger partial charge is 0.349 e. The molecule has 0 aliphatic carbocycles. The van der Waals surface area contributed by atoms with Crippen LogP contribution in [0, 0.1) is 0 Å². The Morgan fingerprint density at radius 3 is 3.12 bits per heavy atom. The van der Waals surface area contributed by atoms with Gasteiger partial charge in [-0.25, -0.2) is 0 Å². The zero-order valence-corrected chi connectivity index (χ0v) is 11.7. The Morgan fingerprint density at radius 1 is 1.71 bits per heavy atom. The Kier molecular flexibility index (Phi) is 3.96. The van der Waals surface area contributed by atoms with Gasteiger partial charge in [-0.1, -0.05) is 0 Å². The van der Waals surface area contributed by atoms with Crippen molar-refractivity contribution in [3.8, 4) is 0 Å². The fourth-order valence-electron chi connectivity index (χ4n) is 1.40. The zero-order valence-electron chi connectivity index (χ0n) is 9.26. The Balaban J connectivity index is 1.89. The van der Waals surface area contributed by atoms with Crippen molar-refractivity contribution in [1.29, 1.82) is 0 Å². The monoisotopic (exact) mass is 313 g/mol. The number of nitrogens with zero attached hydrogens (tertiary/aromatic N) is 2. The molecule has 2 heterocycles. The molecule has 90 valence electrons. The lowest BCUT2D eigenvalue weighted by Crippen LogP contribution is -2.30. The van der Waals surface area contributed by atoms with E-state index in [0.717, 1.165) is 9.35 Å². The van der Waals surface area contributed by atoms with Crippen molar-refractivity contribution in [3.63, 3.8) is 0 Å². The van der Waals surface area contributed by atoms with Gasteiger partial charge in [0.1, 0.15) is 6.04 Å². The number of hydrogen-bond donors (Lipinski definition) is 1. The van der Waals surface area contributed by atoms with Crippen LogP contribution in [0.4, 0.5) is 0 Å². The number of amides is 1. The van der Waals surface area contributed by atoms with E-state index in [1.165, 1.54) is 0 Å². The number of carbonyl (C=O) groups excluding carboxylic acids is 1. The molecule has 0 aliphatic rings. The SMILES string of the molecule is CC(C(=O)NCc1cc(Br)cs1)n1cccn1. The normalized spacial score (nSPS) is 12.4. The number of hydrogen-bond acceptors (Lipinski definition) is 3. The molecule has 0 saturated heterocycles. The van der Waals surface area contributed by atoms with Gasteiger partial charge in [0, 0.05) is 27.1 Å². The molecule has 0 aliphatic heterocycles. The van der Waals surface area contributed by atoms with Crippen LogP contribution < -0.4 is 5.32 Å². The predicted octanol–water partition coefficient (Wildman–Crippen LogP) is 2.58. The molecule has 6 heteroatoms. The van der Waals surface area contributed by atoms with E-state index in [1.54, 1.807) is 34.5 Å². The summed E-state index contributed by atoms with van der Waals surface area (Å²) in [6.07, 6.45) is 3.45. The van der Waals surface area contributed by atoms with Crippen LogP contribution in [0.2, 0.25) is 0 Å². The molecule has 1 N–H and O–H groups in total. The molecule has 2 rings (SSSR count). The van der Waals surface area contributed by atoms with Crippen LogP contribution in [0.15, 0.2) is 34.4 Å². The topological polar surface area (TPSA) is 46.9 Å². The maximum atomic E-state index is 11.8. The fourth-order valence-corrected chi connectivity index (χ4v) is 2.79. The van der Waals surface area contributed by atoms with E-state index in [-0.39, 0.29) is 11.9 Å². The second kappa shape index (κ2) is 5.46. The highest BCUT2D eigenvalue weighted by Gasteiger charge is 2.14. The lowest BCUT2D eigenvalue weighted by molar-refractivity contribution is -0.124. The van der Waals surface area contributed by atoms with Crippen molar-refractivity contribution >= 4 is 33.2 Å². The van der Waals surface area contributed by atoms with Crippen LogP contribution in [-0.2, 0) is 11.3 Å². The van der Waals surface area contributed by atoms with E-state index in [4.69, 9.17) is 0 Å². The summed E-state index contributed by atoms with van der Waals surface area (Å²) in [5, 5.41) is 8.94. The number of rotatable bonds is 4. The van der Waals surface area contributed by atoms with Gasteiger partial charge >= 0.3 is 0 Å². The Bertz CT molecular complexity index is 495. The van der Waals surface area contributed by atoms with Crippen molar-refractivity contribution in [2.75, 3.05) is 0 Å². The Labute approximate surface area is 112 Å². The molecule has 0 aromatic carbocycles. The first kappa shape index (κ1) is 12.3. The van der Waals surface area contributed by atoms with Crippen molar-refractivity contribution in [3.05, 3.63) is 39.3 Å². The number of halogens is 1. The van der Waals surface area contributed by atoms with E-state index < -0.39 is 0 Å². The number of nitrogens with one attached hydrogen (secondary N) is 1. The average Bonchev–Trinajstić information content (AvgIpc) is 2.95. The van der Waals surface area contributed by atoms with Crippen LogP contribution in [0.3, 0.4) is 0 Å². The highest BCUT2D eigenvalue weighted by atomic mass is 79.9. The highest BCUT2D eigenvalue weighted by Crippen LogP contribution is 2.19. The van der Waals surface area contributed by atoms with Crippen molar-refractivity contribution in [1.82, 2.24) is 15.1 Å². The smallest absolute Gasteiger partial charge is 0.244 e. The summed E-state index contributed by atoms with van der Waals surface area (Å²) < 4.78 is 2.69. The lowest BCUT2D eigenvalue weighted by atomic mass is 10.3. The summed E-state index contributed by atoms with van der Waals surface area (Å²) in [7, 11) is 0. The third-order valence-electron chi connectivity index (χ3n) is 2.36. The van der Waals surface area contributed by atoms with Crippen LogP contribution in [-0.4, -0.2) is 15.7 Å². The molecule has 1 atom stereocenters. The van der Waals surface area contributed by atoms with Gasteiger partial charge in [0.15, 0.2) is 0 Å². The van der Waals surface area contributed by atoms with Crippen molar-refractivity contribution < 1.29 is 4.79 Å². The second-order valence-corrected chi connectivity index (χ2v) is 5.52. The van der Waals surface area contributed by atoms with Crippen LogP contribution >= 0.6 is 27.3 Å². The minimum absolute atomic E-state index is 0.0294. The quantitative estimate of drug-likeness (QED) is 0.943. The van der Waals surface area contributed by atoms with Crippen LogP contribution in [0.1, 0.15) is 17.8 Å². The molecule has 0 radical (unpaired) electrons. The number of thiophene rings is 1. The summed E-state index contributed by atoms with van der Waals surface area (Å²) in [6.45, 7) is 2.38. The molecule has 2 aromatic rings. The maximum Gasteiger partial charge on any atom is 0.244 e. The predicted molar refractivity (Wildman–Crippen MR) is 70.8 cm³/mol. The van der Waals surface area contributed by atoms with Crippen LogP contribution in [0.5, 0.6) is 0 Å². The molecule has 0 spiro atoms. The molecule has 17 heavy (non-hydrogen) atoms. The minimum Gasteiger partial charge on any atom is -0.349 e. The molecule has 0 bridgehead atoms. The summed E-state index contributed by atoms with van der Waals surface area (Å²) in [5.74, 6) is -0.0294. The molecule has 1 unspecified atom stereocenters. The summed E-state index contributed by atoms with van der Waals surface area (Å²) in [6, 6.07) is 3.53. The molecule has 0 fully saturated rings. The maximum absolute atomic E-state index is 11.8. The Morgan fingerprint density at radius 2 is 2.53 bits per heavy atom. The second-order valence-electron chi connectivity index (χ2n) is 3.61. The van der Waals surface area contributed by atoms with Gasteiger partial charge in [0.05, 0.1) is 6.54 Å². The summed E-state index contributed by atoms with van der Waals surface area (Å²) in [4.78, 5) is 13.0. The standard InChI is InChI=1S/C11H12BrN3OS/c1-8(15-4-2-3-14-15)11(16)13-6-10-5-9(12)7-17-10/h2-5,7-8H,6H2,1H3,(H,13,16). The first-order valence-electron chi connectivity index (χ1n) is 5.16. The van der Waals surface area contributed by atoms with Gasteiger partial charge in [-0.2, -0.15) is 5.10 Å². The minimum atomic E-state index is -0.284. The number of carbonyl (C=O) groups is 1. The fraction of sp³-hybridized carbons (Fsp3) is 0.273. The van der Waals surface area contributed by atoms with Gasteiger partial charge in [0.25, 0.3) is 0 Å². The molecule has 1 amide bonds. The van der Waals surface area contributed by atoms with E-state index in [1.807, 2.05) is 18.4 Å². The third kappa shape index (κ3) is 3.17. The summed E-state index contributed by atoms with van der Waals surface area (Å²) in [5.41, 5.74) is 0. The van der Waals surface area contributed by atoms with E-state index in [9.17, 15) is 4.79 Å². The molecular formula is C11H12BrN3OS. The zero-order chi connectivity index (χ0) is 12.3. The van der Waals surface area contributed by atoms with E-state index >= 15 is 0 Å². The van der Waals surface area contributed by atoms with Crippen LogP contribution in [0.25, 0.3) is 0 Å². The molecule has 0 saturated carbocycles. The summed E-state index contributed by atoms with van der Waals surface area (Å²) >= 11 is 5.00. The molecular weight excluding hydrogens is 302 g/mol. The van der Waals surface area contributed by atoms with Gasteiger partial charge in [-0.3, -0.25) is 9.48 Å². The van der Waals surface area contributed by atoms with E-state index in [0.29, 0.717) is 6.54 Å². The third-order valence-corrected chi connectivity index (χ3v) is 4.06. The average molecular weight is 314 g/mol. The first-order chi connectivity index (χ1) is 8.16. The van der Waals surface area contributed by atoms with Crippen molar-refractivity contribution in [2.24, 2.45) is 0 Å². The number of aromatic nitrogens is 2. The van der Waals surface area contributed by atoms with Gasteiger partial charge in [-0.15, -0.1) is 11.3 Å². The lowest BCUT2D eigenvalue weighted by Gasteiger charge is -2.11. The van der Waals surface area contributed by atoms with Gasteiger partial charge in [-0.05, 0) is 35.0 Å². The van der Waals surface area contributed by atoms with Gasteiger partial charge in [0.2, 0.25) is 5.91 Å². The molecule has 4 nitrogen and oxygen atoms in total. The highest BCUT2D eigenvalue weighted by molar-refractivity contribution is 9.10. The van der Waals surface area contributed by atoms with Crippen molar-refractivity contribution in [2.45, 2.75) is 19.5 Å².